The SMILES string of the molecule is O=S(=O)([O-])c1ccccc1P(c1ccccc1)c1ccccc1S(=O)(=O)c1ccccc1.O=S(=O)([O-])c1ccccc1P(c1ccccc1)c1ccccc1S(=O)(=O)c1ccccc1.[Pd+2]. The fourth-order valence-electron chi connectivity index (χ4n) is 6.87. The minimum atomic E-state index is -4.78. The molecule has 0 fully saturated rings. The van der Waals surface area contributed by atoms with Crippen LogP contribution in [0.2, 0.25) is 0 Å². The van der Waals surface area contributed by atoms with Gasteiger partial charge in [0.15, 0.2) is 0 Å². The molecule has 2 atom stereocenters. The number of sulfone groups is 2. The van der Waals surface area contributed by atoms with Crippen LogP contribution in [0.5, 0.6) is 0 Å². The van der Waals surface area contributed by atoms with Gasteiger partial charge in [-0.15, -0.1) is 0 Å². The van der Waals surface area contributed by atoms with E-state index in [0.717, 1.165) is 10.6 Å². The maximum absolute atomic E-state index is 13.5. The second-order valence-electron chi connectivity index (χ2n) is 13.8. The van der Waals surface area contributed by atoms with E-state index in [1.807, 2.05) is 36.4 Å². The molecule has 8 rings (SSSR count). The van der Waals surface area contributed by atoms with Gasteiger partial charge in [0.1, 0.15) is 20.2 Å². The van der Waals surface area contributed by atoms with Crippen molar-refractivity contribution in [2.75, 3.05) is 0 Å². The van der Waals surface area contributed by atoms with Crippen LogP contribution in [0.4, 0.5) is 0 Å². The number of rotatable bonds is 12. The summed E-state index contributed by atoms with van der Waals surface area (Å²) in [6, 6.07) is 59.3. The molecule has 10 nitrogen and oxygen atoms in total. The van der Waals surface area contributed by atoms with E-state index in [1.165, 1.54) is 60.7 Å². The van der Waals surface area contributed by atoms with E-state index in [-0.39, 0.29) is 49.8 Å². The van der Waals surface area contributed by atoms with E-state index in [0.29, 0.717) is 21.2 Å². The second-order valence-corrected chi connectivity index (χ2v) is 24.6. The summed E-state index contributed by atoms with van der Waals surface area (Å²) in [4.78, 5) is -0.248. The van der Waals surface area contributed by atoms with Crippen molar-refractivity contribution in [2.24, 2.45) is 0 Å². The Bertz CT molecular complexity index is 3140. The summed E-state index contributed by atoms with van der Waals surface area (Å²) < 4.78 is 126. The van der Waals surface area contributed by atoms with E-state index in [4.69, 9.17) is 0 Å². The van der Waals surface area contributed by atoms with E-state index in [2.05, 4.69) is 0 Å². The summed E-state index contributed by atoms with van der Waals surface area (Å²) in [5.41, 5.74) is 0. The van der Waals surface area contributed by atoms with Crippen LogP contribution in [0.15, 0.2) is 248 Å². The van der Waals surface area contributed by atoms with Crippen molar-refractivity contribution in [3.8, 4) is 0 Å². The van der Waals surface area contributed by atoms with Gasteiger partial charge in [0.2, 0.25) is 19.7 Å². The van der Waals surface area contributed by atoms with Gasteiger partial charge in [0.25, 0.3) is 0 Å². The van der Waals surface area contributed by atoms with Crippen LogP contribution in [0.1, 0.15) is 0 Å². The molecule has 65 heavy (non-hydrogen) atoms. The van der Waals surface area contributed by atoms with Crippen LogP contribution in [0.25, 0.3) is 0 Å². The first-order valence-electron chi connectivity index (χ1n) is 19.2. The smallest absolute Gasteiger partial charge is 0.744 e. The zero-order valence-electron chi connectivity index (χ0n) is 33.7. The number of benzene rings is 8. The maximum Gasteiger partial charge on any atom is 2.00 e. The first kappa shape index (κ1) is 49.4. The van der Waals surface area contributed by atoms with Gasteiger partial charge in [-0.3, -0.25) is 0 Å². The van der Waals surface area contributed by atoms with Crippen molar-refractivity contribution < 1.29 is 63.2 Å². The van der Waals surface area contributed by atoms with Gasteiger partial charge in [0, 0.05) is 21.2 Å². The van der Waals surface area contributed by atoms with Crippen molar-refractivity contribution in [3.05, 3.63) is 218 Å². The zero-order valence-corrected chi connectivity index (χ0v) is 40.3. The average Bonchev–Trinajstić information content (AvgIpc) is 3.31. The summed E-state index contributed by atoms with van der Waals surface area (Å²) in [6.45, 7) is 0. The molecule has 0 aliphatic heterocycles. The minimum Gasteiger partial charge on any atom is -0.744 e. The predicted octanol–water partition coefficient (Wildman–Crippen LogP) is 6.36. The van der Waals surface area contributed by atoms with Gasteiger partial charge < -0.3 is 9.11 Å². The van der Waals surface area contributed by atoms with Crippen molar-refractivity contribution in [1.29, 1.82) is 0 Å². The molecule has 0 radical (unpaired) electrons. The molecule has 0 aromatic heterocycles. The van der Waals surface area contributed by atoms with Crippen molar-refractivity contribution in [2.45, 2.75) is 29.4 Å². The monoisotopic (exact) mass is 1070 g/mol. The molecule has 0 aliphatic rings. The molecule has 0 amide bonds. The Labute approximate surface area is 395 Å². The Hall–Kier alpha value is -5.00. The predicted molar refractivity (Wildman–Crippen MR) is 250 cm³/mol. The molecule has 0 saturated carbocycles. The largest absolute Gasteiger partial charge is 2.00 e. The molecule has 0 saturated heterocycles. The minimum absolute atomic E-state index is 0. The van der Waals surface area contributed by atoms with Crippen molar-refractivity contribution >= 4 is 87.6 Å². The molecule has 0 heterocycles. The topological polar surface area (TPSA) is 183 Å². The molecule has 8 aromatic carbocycles. The quantitative estimate of drug-likeness (QED) is 0.0759. The van der Waals surface area contributed by atoms with Gasteiger partial charge in [-0.05, 0) is 75.0 Å². The summed E-state index contributed by atoms with van der Waals surface area (Å²) in [5.74, 6) is 0. The van der Waals surface area contributed by atoms with Gasteiger partial charge >= 0.3 is 20.4 Å². The molecular weight excluding hydrogens is 1030 g/mol. The van der Waals surface area contributed by atoms with Gasteiger partial charge in [-0.2, -0.15) is 0 Å². The Morgan fingerprint density at radius 1 is 0.277 bits per heavy atom. The van der Waals surface area contributed by atoms with Crippen LogP contribution >= 0.6 is 15.8 Å². The van der Waals surface area contributed by atoms with Gasteiger partial charge in [-0.25, -0.2) is 33.7 Å². The van der Waals surface area contributed by atoms with Crippen molar-refractivity contribution in [3.63, 3.8) is 0 Å². The van der Waals surface area contributed by atoms with Crippen LogP contribution in [0.3, 0.4) is 0 Å². The standard InChI is InChI=1S/2C24H19O5PS2.Pd/c2*25-31(26,20-13-5-2-6-14-20)23-17-9-7-15-21(23)30(19-11-3-1-4-12-19)22-16-8-10-18-24(22)32(27,28)29;/h2*1-18H,(H,27,28,29);/q;;+2/p-2. The fourth-order valence-corrected chi connectivity index (χ4v) is 17.9. The van der Waals surface area contributed by atoms with E-state index < -0.39 is 55.8 Å². The molecule has 2 unspecified atom stereocenters. The van der Waals surface area contributed by atoms with Crippen LogP contribution in [-0.2, 0) is 60.3 Å². The molecule has 8 aromatic rings. The number of hydrogen-bond donors (Lipinski definition) is 0. The van der Waals surface area contributed by atoms with Gasteiger partial charge in [0.05, 0.1) is 29.4 Å². The average molecular weight is 1070 g/mol. The third kappa shape index (κ3) is 11.2. The third-order valence-corrected chi connectivity index (χ3v) is 20.8. The number of hydrogen-bond acceptors (Lipinski definition) is 10. The van der Waals surface area contributed by atoms with E-state index >= 15 is 0 Å². The molecule has 0 aliphatic carbocycles. The Morgan fingerprint density at radius 3 is 0.769 bits per heavy atom. The maximum atomic E-state index is 13.5. The summed E-state index contributed by atoms with van der Waals surface area (Å²) in [5, 5.41) is 2.95. The summed E-state index contributed by atoms with van der Waals surface area (Å²) >= 11 is 0. The Morgan fingerprint density at radius 2 is 0.492 bits per heavy atom. The van der Waals surface area contributed by atoms with E-state index in [1.54, 1.807) is 121 Å². The van der Waals surface area contributed by atoms with Crippen LogP contribution in [0, 0.1) is 0 Å². The molecular formula is C48H36O10P2PdS4. The molecule has 332 valence electrons. The Balaban J connectivity index is 0.000000212. The molecule has 0 bridgehead atoms. The Kier molecular flexibility index (Phi) is 16.0. The molecule has 0 N–H and O–H groups in total. The normalized spacial score (nSPS) is 12.7. The van der Waals surface area contributed by atoms with Crippen molar-refractivity contribution in [1.82, 2.24) is 0 Å². The second kappa shape index (κ2) is 21.1. The first-order valence-corrected chi connectivity index (χ1v) is 27.7. The molecule has 0 spiro atoms. The zero-order chi connectivity index (χ0) is 45.5. The summed E-state index contributed by atoms with van der Waals surface area (Å²) in [6.07, 6.45) is 0. The van der Waals surface area contributed by atoms with Gasteiger partial charge in [-0.1, -0.05) is 170 Å². The first-order chi connectivity index (χ1) is 30.6. The molecule has 17 heteroatoms. The van der Waals surface area contributed by atoms with Crippen LogP contribution < -0.4 is 31.8 Å². The van der Waals surface area contributed by atoms with Crippen LogP contribution in [-0.4, -0.2) is 42.8 Å². The summed E-state index contributed by atoms with van der Waals surface area (Å²) in [7, 11) is -20.7. The van der Waals surface area contributed by atoms with E-state index in [9.17, 15) is 42.8 Å². The third-order valence-electron chi connectivity index (χ3n) is 9.68. The fraction of sp³-hybridized carbons (Fsp3) is 0.